The molecule has 1 aliphatic heterocycles. The van der Waals surface area contributed by atoms with Crippen LogP contribution in [-0.2, 0) is 11.0 Å². The first kappa shape index (κ1) is 18.8. The minimum atomic E-state index is -4.49. The fourth-order valence-corrected chi connectivity index (χ4v) is 2.84. The number of anilines is 2. The molecule has 1 N–H and O–H groups in total. The molecular weight excluding hydrogens is 359 g/mol. The number of amides is 3. The lowest BCUT2D eigenvalue weighted by atomic mass is 10.2. The molecule has 0 saturated carbocycles. The number of hydrogen-bond acceptors (Lipinski definition) is 2. The van der Waals surface area contributed by atoms with Gasteiger partial charge in [0.2, 0.25) is 5.91 Å². The van der Waals surface area contributed by atoms with E-state index in [0.717, 1.165) is 23.4 Å². The fourth-order valence-electron chi connectivity index (χ4n) is 2.84. The van der Waals surface area contributed by atoms with Crippen LogP contribution in [0.25, 0.3) is 0 Å². The summed E-state index contributed by atoms with van der Waals surface area (Å²) in [6.07, 6.45) is -4.49. The van der Waals surface area contributed by atoms with Crippen molar-refractivity contribution in [3.8, 4) is 0 Å². The van der Waals surface area contributed by atoms with Crippen molar-refractivity contribution in [2.24, 2.45) is 0 Å². The molecule has 0 radical (unpaired) electrons. The molecule has 1 saturated heterocycles. The number of hydrogen-bond donors (Lipinski definition) is 1. The summed E-state index contributed by atoms with van der Waals surface area (Å²) in [5, 5.41) is 2.41. The first-order valence-electron chi connectivity index (χ1n) is 8.34. The molecule has 1 heterocycles. The zero-order valence-electron chi connectivity index (χ0n) is 14.6. The average Bonchev–Trinajstić information content (AvgIpc) is 2.96. The molecule has 1 aliphatic rings. The van der Waals surface area contributed by atoms with Crippen LogP contribution in [-0.4, -0.2) is 36.5 Å². The van der Waals surface area contributed by atoms with E-state index in [4.69, 9.17) is 0 Å². The highest BCUT2D eigenvalue weighted by atomic mass is 19.4. The number of nitrogens with zero attached hydrogens (tertiary/aromatic N) is 2. The molecule has 0 spiro atoms. The Morgan fingerprint density at radius 2 is 1.81 bits per heavy atom. The second kappa shape index (κ2) is 7.30. The van der Waals surface area contributed by atoms with Crippen LogP contribution in [0.2, 0.25) is 0 Å². The lowest BCUT2D eigenvalue weighted by Crippen LogP contribution is -2.37. The summed E-state index contributed by atoms with van der Waals surface area (Å²) in [7, 11) is 0. The van der Waals surface area contributed by atoms with Gasteiger partial charge in [0.1, 0.15) is 6.54 Å². The third-order valence-electron chi connectivity index (χ3n) is 4.25. The van der Waals surface area contributed by atoms with Gasteiger partial charge in [-0.2, -0.15) is 13.2 Å². The highest BCUT2D eigenvalue weighted by Crippen LogP contribution is 2.30. The Hall–Kier alpha value is -3.03. The number of aryl methyl sites for hydroxylation is 1. The molecule has 2 aromatic carbocycles. The summed E-state index contributed by atoms with van der Waals surface area (Å²) in [6, 6.07) is 11.5. The maximum Gasteiger partial charge on any atom is 0.416 e. The molecule has 3 amide bonds. The molecule has 142 valence electrons. The summed E-state index contributed by atoms with van der Waals surface area (Å²) < 4.78 is 38.2. The Labute approximate surface area is 154 Å². The number of nitrogens with one attached hydrogen (secondary N) is 1. The van der Waals surface area contributed by atoms with Crippen LogP contribution in [0, 0.1) is 6.92 Å². The van der Waals surface area contributed by atoms with Crippen molar-refractivity contribution in [2.75, 3.05) is 29.9 Å². The molecule has 2 aromatic rings. The van der Waals surface area contributed by atoms with Gasteiger partial charge < -0.3 is 10.2 Å². The normalized spacial score (nSPS) is 14.6. The quantitative estimate of drug-likeness (QED) is 0.879. The molecule has 1 fully saturated rings. The van der Waals surface area contributed by atoms with Crippen molar-refractivity contribution in [1.29, 1.82) is 0 Å². The third kappa shape index (κ3) is 4.39. The Bertz CT molecular complexity index is 850. The summed E-state index contributed by atoms with van der Waals surface area (Å²) in [5.41, 5.74) is 1.01. The van der Waals surface area contributed by atoms with Gasteiger partial charge in [0.05, 0.1) is 5.56 Å². The van der Waals surface area contributed by atoms with Gasteiger partial charge in [-0.1, -0.05) is 23.8 Å². The summed E-state index contributed by atoms with van der Waals surface area (Å²) in [6.45, 7) is 2.53. The minimum Gasteiger partial charge on any atom is -0.325 e. The molecule has 0 bridgehead atoms. The topological polar surface area (TPSA) is 52.6 Å². The number of halogens is 3. The van der Waals surface area contributed by atoms with Crippen LogP contribution >= 0.6 is 0 Å². The second-order valence-corrected chi connectivity index (χ2v) is 6.32. The van der Waals surface area contributed by atoms with Gasteiger partial charge in [0.25, 0.3) is 0 Å². The molecule has 27 heavy (non-hydrogen) atoms. The molecule has 0 atom stereocenters. The van der Waals surface area contributed by atoms with Gasteiger partial charge in [0.15, 0.2) is 0 Å². The Morgan fingerprint density at radius 1 is 1.11 bits per heavy atom. The zero-order valence-corrected chi connectivity index (χ0v) is 14.6. The SMILES string of the molecule is Cc1ccc(N2CCN(CC(=O)Nc3cccc(C(F)(F)F)c3)C2=O)cc1. The standard InChI is InChI=1S/C19H18F3N3O2/c1-13-5-7-16(8-6-13)25-10-9-24(18(25)27)12-17(26)23-15-4-2-3-14(11-15)19(20,21)22/h2-8,11H,9-10,12H2,1H3,(H,23,26). The van der Waals surface area contributed by atoms with Crippen molar-refractivity contribution >= 4 is 23.3 Å². The van der Waals surface area contributed by atoms with Crippen LogP contribution in [0.5, 0.6) is 0 Å². The second-order valence-electron chi connectivity index (χ2n) is 6.32. The van der Waals surface area contributed by atoms with E-state index in [9.17, 15) is 22.8 Å². The fraction of sp³-hybridized carbons (Fsp3) is 0.263. The number of carbonyl (C=O) groups excluding carboxylic acids is 2. The van der Waals surface area contributed by atoms with Crippen molar-refractivity contribution < 1.29 is 22.8 Å². The third-order valence-corrected chi connectivity index (χ3v) is 4.25. The zero-order chi connectivity index (χ0) is 19.6. The van der Waals surface area contributed by atoms with E-state index in [1.54, 1.807) is 4.90 Å². The van der Waals surface area contributed by atoms with E-state index >= 15 is 0 Å². The maximum atomic E-state index is 12.7. The van der Waals surface area contributed by atoms with Gasteiger partial charge >= 0.3 is 12.2 Å². The van der Waals surface area contributed by atoms with Crippen molar-refractivity contribution in [3.63, 3.8) is 0 Å². The van der Waals surface area contributed by atoms with Crippen LogP contribution < -0.4 is 10.2 Å². The largest absolute Gasteiger partial charge is 0.416 e. The van der Waals surface area contributed by atoms with Gasteiger partial charge in [-0.05, 0) is 37.3 Å². The Morgan fingerprint density at radius 3 is 2.48 bits per heavy atom. The van der Waals surface area contributed by atoms with Gasteiger partial charge in [-0.3, -0.25) is 9.69 Å². The first-order valence-corrected chi connectivity index (χ1v) is 8.34. The average molecular weight is 377 g/mol. The monoisotopic (exact) mass is 377 g/mol. The molecule has 0 unspecified atom stereocenters. The lowest BCUT2D eigenvalue weighted by molar-refractivity contribution is -0.137. The molecule has 8 heteroatoms. The van der Waals surface area contributed by atoms with Crippen LogP contribution in [0.15, 0.2) is 48.5 Å². The first-order chi connectivity index (χ1) is 12.7. The van der Waals surface area contributed by atoms with E-state index in [-0.39, 0.29) is 18.3 Å². The molecule has 3 rings (SSSR count). The predicted octanol–water partition coefficient (Wildman–Crippen LogP) is 3.89. The van der Waals surface area contributed by atoms with E-state index in [1.807, 2.05) is 31.2 Å². The number of benzene rings is 2. The predicted molar refractivity (Wildman–Crippen MR) is 95.6 cm³/mol. The summed E-state index contributed by atoms with van der Waals surface area (Å²) in [4.78, 5) is 27.6. The number of urea groups is 1. The maximum absolute atomic E-state index is 12.7. The summed E-state index contributed by atoms with van der Waals surface area (Å²) >= 11 is 0. The van der Waals surface area contributed by atoms with Gasteiger partial charge in [0, 0.05) is 24.5 Å². The summed E-state index contributed by atoms with van der Waals surface area (Å²) in [5.74, 6) is -0.548. The van der Waals surface area contributed by atoms with Gasteiger partial charge in [-0.15, -0.1) is 0 Å². The number of carbonyl (C=O) groups is 2. The number of alkyl halides is 3. The van der Waals surface area contributed by atoms with E-state index in [2.05, 4.69) is 5.32 Å². The van der Waals surface area contributed by atoms with E-state index < -0.39 is 17.6 Å². The van der Waals surface area contributed by atoms with Gasteiger partial charge in [-0.25, -0.2) is 4.79 Å². The number of rotatable bonds is 4. The van der Waals surface area contributed by atoms with Crippen molar-refractivity contribution in [2.45, 2.75) is 13.1 Å². The van der Waals surface area contributed by atoms with Crippen molar-refractivity contribution in [3.05, 3.63) is 59.7 Å². The lowest BCUT2D eigenvalue weighted by Gasteiger charge is -2.18. The van der Waals surface area contributed by atoms with Crippen LogP contribution in [0.3, 0.4) is 0 Å². The Balaban J connectivity index is 1.62. The van der Waals surface area contributed by atoms with E-state index in [1.165, 1.54) is 17.0 Å². The molecule has 0 aliphatic carbocycles. The van der Waals surface area contributed by atoms with Crippen molar-refractivity contribution in [1.82, 2.24) is 4.90 Å². The Kier molecular flexibility index (Phi) is 5.07. The van der Waals surface area contributed by atoms with Crippen LogP contribution in [0.1, 0.15) is 11.1 Å². The molecule has 0 aromatic heterocycles. The highest BCUT2D eigenvalue weighted by molar-refractivity contribution is 5.99. The highest BCUT2D eigenvalue weighted by Gasteiger charge is 2.32. The molecule has 5 nitrogen and oxygen atoms in total. The van der Waals surface area contributed by atoms with Crippen LogP contribution in [0.4, 0.5) is 29.3 Å². The minimum absolute atomic E-state index is 0.0388. The smallest absolute Gasteiger partial charge is 0.325 e. The molecular formula is C19H18F3N3O2. The van der Waals surface area contributed by atoms with E-state index in [0.29, 0.717) is 13.1 Å².